The van der Waals surface area contributed by atoms with E-state index in [1.165, 1.54) is 193 Å². The number of ether oxygens (including phenoxy) is 6. The number of carbonyl (C=O) groups excluding carboxylic acids is 2. The average molecular weight is 1340 g/mol. The van der Waals surface area contributed by atoms with E-state index in [-0.39, 0.29) is 18.9 Å². The monoisotopic (exact) mass is 1340 g/mol. The van der Waals surface area contributed by atoms with Gasteiger partial charge >= 0.3 is 5.97 Å². The smallest absolute Gasteiger partial charge is 0.364 e. The van der Waals surface area contributed by atoms with Gasteiger partial charge in [-0.1, -0.05) is 258 Å². The minimum atomic E-state index is -3.08. The van der Waals surface area contributed by atoms with Gasteiger partial charge in [0.25, 0.3) is 5.79 Å². The van der Waals surface area contributed by atoms with Gasteiger partial charge in [-0.25, -0.2) is 4.79 Å². The number of rotatable bonds is 57. The van der Waals surface area contributed by atoms with Crippen LogP contribution in [-0.4, -0.2) is 215 Å². The molecule has 3 rings (SSSR count). The van der Waals surface area contributed by atoms with Crippen molar-refractivity contribution in [3.05, 3.63) is 0 Å². The molecule has 0 aliphatic carbocycles. The molecule has 14 N–H and O–H groups in total. The van der Waals surface area contributed by atoms with E-state index in [1.54, 1.807) is 0 Å². The van der Waals surface area contributed by atoms with Crippen LogP contribution in [0.15, 0.2) is 0 Å². The van der Waals surface area contributed by atoms with Gasteiger partial charge in [0, 0.05) is 19.8 Å². The summed E-state index contributed by atoms with van der Waals surface area (Å²) in [7, 11) is 0. The number of carbonyl (C=O) groups is 3. The molecular weight excluding hydrogens is 1200 g/mol. The molecule has 3 fully saturated rings. The number of carboxylic acid groups (broad SMARTS) is 1. The van der Waals surface area contributed by atoms with Crippen molar-refractivity contribution in [2.45, 2.75) is 400 Å². The Labute approximate surface area is 557 Å². The summed E-state index contributed by atoms with van der Waals surface area (Å²) >= 11 is 0. The van der Waals surface area contributed by atoms with Crippen molar-refractivity contribution >= 4 is 17.8 Å². The summed E-state index contributed by atoms with van der Waals surface area (Å²) < 4.78 is 34.9. The molecule has 2 amide bonds. The molecule has 3 saturated heterocycles. The third kappa shape index (κ3) is 33.0. The van der Waals surface area contributed by atoms with E-state index in [2.05, 4.69) is 24.5 Å². The molecule has 0 aromatic carbocycles. The highest BCUT2D eigenvalue weighted by molar-refractivity contribution is 5.77. The minimum absolute atomic E-state index is 0.229. The van der Waals surface area contributed by atoms with E-state index in [9.17, 15) is 75.7 Å². The molecule has 0 radical (unpaired) electrons. The zero-order chi connectivity index (χ0) is 68.2. The number of carboxylic acids is 1. The first-order chi connectivity index (χ1) is 44.9. The topological polar surface area (TPSA) is 373 Å². The van der Waals surface area contributed by atoms with Crippen LogP contribution in [0.2, 0.25) is 0 Å². The molecule has 23 nitrogen and oxygen atoms in total. The van der Waals surface area contributed by atoms with E-state index < -0.39 is 148 Å². The van der Waals surface area contributed by atoms with Crippen molar-refractivity contribution in [2.75, 3.05) is 26.4 Å². The highest BCUT2D eigenvalue weighted by Gasteiger charge is 2.60. The number of unbranched alkanes of at least 4 members (excludes halogenated alkanes) is 37. The van der Waals surface area contributed by atoms with Crippen molar-refractivity contribution in [1.82, 2.24) is 10.6 Å². The Morgan fingerprint density at radius 3 is 1.34 bits per heavy atom. The van der Waals surface area contributed by atoms with Crippen molar-refractivity contribution < 1.29 is 104 Å². The maximum atomic E-state index is 13.5. The van der Waals surface area contributed by atoms with Crippen LogP contribution >= 0.6 is 0 Å². The van der Waals surface area contributed by atoms with Crippen LogP contribution in [0.3, 0.4) is 0 Å². The molecule has 18 unspecified atom stereocenters. The summed E-state index contributed by atoms with van der Waals surface area (Å²) in [5.41, 5.74) is 0. The summed E-state index contributed by atoms with van der Waals surface area (Å²) in [4.78, 5) is 38.6. The molecule has 3 aliphatic heterocycles. The first-order valence-electron chi connectivity index (χ1n) is 36.9. The average Bonchev–Trinajstić information content (AvgIpc) is 0.787. The van der Waals surface area contributed by atoms with Crippen LogP contribution in [-0.2, 0) is 42.8 Å². The van der Waals surface area contributed by atoms with Crippen LogP contribution in [0.25, 0.3) is 0 Å². The highest BCUT2D eigenvalue weighted by Crippen LogP contribution is 2.39. The molecule has 3 heterocycles. The molecule has 548 valence electrons. The number of nitrogens with one attached hydrogen (secondary N) is 2. The van der Waals surface area contributed by atoms with Gasteiger partial charge in [-0.05, 0) is 12.8 Å². The summed E-state index contributed by atoms with van der Waals surface area (Å²) in [6, 6.07) is -2.52. The van der Waals surface area contributed by atoms with Crippen molar-refractivity contribution in [1.29, 1.82) is 0 Å². The zero-order valence-electron chi connectivity index (χ0n) is 57.4. The van der Waals surface area contributed by atoms with Gasteiger partial charge in [0.15, 0.2) is 12.6 Å². The third-order valence-corrected chi connectivity index (χ3v) is 19.1. The van der Waals surface area contributed by atoms with E-state index in [0.29, 0.717) is 19.3 Å². The van der Waals surface area contributed by atoms with Crippen LogP contribution in [0.1, 0.15) is 290 Å². The minimum Gasteiger partial charge on any atom is -0.477 e. The fourth-order valence-corrected chi connectivity index (χ4v) is 13.2. The maximum Gasteiger partial charge on any atom is 0.364 e. The lowest BCUT2D eigenvalue weighted by Crippen LogP contribution is -2.70. The quantitative estimate of drug-likeness (QED) is 0.0260. The third-order valence-electron chi connectivity index (χ3n) is 19.1. The molecule has 0 spiro atoms. The lowest BCUT2D eigenvalue weighted by atomic mass is 9.88. The number of aliphatic hydroxyl groups excluding tert-OH is 11. The second kappa shape index (κ2) is 51.0. The lowest BCUT2D eigenvalue weighted by Gasteiger charge is -2.50. The van der Waals surface area contributed by atoms with Crippen LogP contribution < -0.4 is 10.6 Å². The van der Waals surface area contributed by atoms with Crippen LogP contribution in [0.5, 0.6) is 0 Å². The fourth-order valence-electron chi connectivity index (χ4n) is 13.2. The summed E-state index contributed by atoms with van der Waals surface area (Å²) in [6.07, 6.45) is 19.6. The summed E-state index contributed by atoms with van der Waals surface area (Å²) in [5, 5.41) is 136. The molecule has 93 heavy (non-hydrogen) atoms. The van der Waals surface area contributed by atoms with Gasteiger partial charge in [-0.3, -0.25) is 9.59 Å². The fraction of sp³-hybridized carbons (Fsp3) is 0.957. The largest absolute Gasteiger partial charge is 0.477 e. The van der Waals surface area contributed by atoms with E-state index in [1.807, 2.05) is 0 Å². The van der Waals surface area contributed by atoms with E-state index in [4.69, 9.17) is 28.4 Å². The standard InChI is InChI=1S/C70H132N2O21/c1-4-6-8-10-12-14-16-18-20-22-23-24-25-26-27-28-30-32-34-36-38-40-42-44-57(80)72-51(52(77)43-41-39-37-35-33-31-29-21-19-17-15-13-11-9-7-5-2)49-88-67-62(84)61(83)64(56(48-75)90-67)91-68-63(85)66(60(82)55(47-74)89-68)93-70(69(86)87)45-53(78)58(71-50(3)76)65(92-70)59(81)54(79)46-73/h51-56,58-68,73-75,77-79,81-85H,4-49H2,1-3H3,(H,71,76)(H,72,80)(H,86,87). The Hall–Kier alpha value is -2.27. The predicted octanol–water partition coefficient (Wildman–Crippen LogP) is 7.68. The van der Waals surface area contributed by atoms with E-state index >= 15 is 0 Å². The van der Waals surface area contributed by atoms with Crippen LogP contribution in [0.4, 0.5) is 0 Å². The second-order valence-corrected chi connectivity index (χ2v) is 27.2. The summed E-state index contributed by atoms with van der Waals surface area (Å²) in [5.74, 6) is -6.09. The number of aliphatic hydroxyl groups is 11. The Bertz CT molecular complexity index is 1880. The highest BCUT2D eigenvalue weighted by atomic mass is 16.8. The number of aliphatic carboxylic acids is 1. The number of hydrogen-bond acceptors (Lipinski definition) is 20. The molecular formula is C70H132N2O21. The van der Waals surface area contributed by atoms with Gasteiger partial charge in [0.2, 0.25) is 11.8 Å². The Balaban J connectivity index is 1.55. The molecule has 0 saturated carbocycles. The molecule has 3 aliphatic rings. The predicted molar refractivity (Wildman–Crippen MR) is 352 cm³/mol. The van der Waals surface area contributed by atoms with Gasteiger partial charge < -0.3 is 100 Å². The normalized spacial score (nSPS) is 28.0. The van der Waals surface area contributed by atoms with Crippen molar-refractivity contribution in [3.63, 3.8) is 0 Å². The van der Waals surface area contributed by atoms with Gasteiger partial charge in [-0.15, -0.1) is 0 Å². The Kier molecular flexibility index (Phi) is 46.6. The second-order valence-electron chi connectivity index (χ2n) is 27.2. The number of hydrogen-bond donors (Lipinski definition) is 14. The molecule has 23 heteroatoms. The van der Waals surface area contributed by atoms with E-state index in [0.717, 1.165) is 51.9 Å². The Morgan fingerprint density at radius 1 is 0.516 bits per heavy atom. The zero-order valence-corrected chi connectivity index (χ0v) is 57.4. The molecule has 18 atom stereocenters. The molecule has 0 bridgehead atoms. The molecule has 0 aromatic rings. The SMILES string of the molecule is CCCCCCCCCCCCCCCCCCCCCCCCCC(=O)NC(COC1OC(CO)C(OC2OC(CO)C(O)C(OC3(C(=O)O)CC(O)C(NC(C)=O)C(C(O)C(O)CO)O3)C2O)C(O)C1O)C(O)CCCCCCCCCCCCCCCCCC. The Morgan fingerprint density at radius 2 is 0.935 bits per heavy atom. The van der Waals surface area contributed by atoms with Gasteiger partial charge in [-0.2, -0.15) is 0 Å². The number of amides is 2. The first kappa shape index (κ1) is 85.0. The van der Waals surface area contributed by atoms with Gasteiger partial charge in [0.05, 0.1) is 50.7 Å². The van der Waals surface area contributed by atoms with Crippen molar-refractivity contribution in [2.24, 2.45) is 0 Å². The first-order valence-corrected chi connectivity index (χ1v) is 36.9. The van der Waals surface area contributed by atoms with Crippen molar-refractivity contribution in [3.8, 4) is 0 Å². The molecule has 0 aromatic heterocycles. The van der Waals surface area contributed by atoms with Crippen LogP contribution in [0, 0.1) is 0 Å². The maximum absolute atomic E-state index is 13.5. The van der Waals surface area contributed by atoms with Gasteiger partial charge in [0.1, 0.15) is 67.1 Å². The summed E-state index contributed by atoms with van der Waals surface area (Å²) in [6.45, 7) is 2.24. The lowest BCUT2D eigenvalue weighted by molar-refractivity contribution is -0.386.